The zero-order chi connectivity index (χ0) is 19.6. The summed E-state index contributed by atoms with van der Waals surface area (Å²) < 4.78 is 1.86. The van der Waals surface area contributed by atoms with E-state index in [4.69, 9.17) is 11.6 Å². The van der Waals surface area contributed by atoms with E-state index in [0.29, 0.717) is 26.4 Å². The summed E-state index contributed by atoms with van der Waals surface area (Å²) in [4.78, 5) is 17.8. The van der Waals surface area contributed by atoms with Gasteiger partial charge in [-0.2, -0.15) is 5.10 Å². The van der Waals surface area contributed by atoms with Crippen molar-refractivity contribution in [1.82, 2.24) is 14.8 Å². The van der Waals surface area contributed by atoms with Gasteiger partial charge >= 0.3 is 0 Å². The Kier molecular flexibility index (Phi) is 5.97. The van der Waals surface area contributed by atoms with Gasteiger partial charge in [0.2, 0.25) is 5.13 Å². The molecule has 0 aliphatic heterocycles. The molecule has 2 heterocycles. The number of unbranched alkanes of at least 4 members (excludes halogenated alkanes) is 1. The molecule has 0 fully saturated rings. The predicted molar refractivity (Wildman–Crippen MR) is 111 cm³/mol. The van der Waals surface area contributed by atoms with E-state index in [1.807, 2.05) is 24.6 Å². The summed E-state index contributed by atoms with van der Waals surface area (Å²) in [5.41, 5.74) is 4.75. The van der Waals surface area contributed by atoms with Gasteiger partial charge in [-0.3, -0.25) is 4.79 Å². The maximum atomic E-state index is 12.7. The molecule has 0 spiro atoms. The number of thiazole rings is 1. The van der Waals surface area contributed by atoms with Gasteiger partial charge in [0.1, 0.15) is 4.88 Å². The molecule has 142 valence electrons. The SMILES string of the molecule is CCCCc1c(C)nn(-c2nc(C)c(C(=O)Nc3cccc(Cl)c3)s2)c1C. The fraction of sp³-hybridized carbons (Fsp3) is 0.350. The van der Waals surface area contributed by atoms with Crippen LogP contribution in [0.4, 0.5) is 5.69 Å². The van der Waals surface area contributed by atoms with Crippen LogP contribution in [-0.4, -0.2) is 20.7 Å². The number of halogens is 1. The van der Waals surface area contributed by atoms with Crippen molar-refractivity contribution in [3.8, 4) is 5.13 Å². The normalized spacial score (nSPS) is 11.0. The van der Waals surface area contributed by atoms with Gasteiger partial charge in [0.25, 0.3) is 5.91 Å². The van der Waals surface area contributed by atoms with Crippen molar-refractivity contribution >= 4 is 34.5 Å². The number of anilines is 1. The highest BCUT2D eigenvalue weighted by Crippen LogP contribution is 2.26. The number of carbonyl (C=O) groups is 1. The van der Waals surface area contributed by atoms with Gasteiger partial charge in [0.05, 0.1) is 11.4 Å². The van der Waals surface area contributed by atoms with Gasteiger partial charge in [-0.1, -0.05) is 42.3 Å². The Bertz CT molecular complexity index is 977. The number of carbonyl (C=O) groups excluding carboxylic acids is 1. The van der Waals surface area contributed by atoms with Gasteiger partial charge in [-0.05, 0) is 57.4 Å². The summed E-state index contributed by atoms with van der Waals surface area (Å²) in [7, 11) is 0. The molecule has 0 unspecified atom stereocenters. The van der Waals surface area contributed by atoms with Crippen LogP contribution in [0, 0.1) is 20.8 Å². The summed E-state index contributed by atoms with van der Waals surface area (Å²) in [6.45, 7) is 8.12. The van der Waals surface area contributed by atoms with E-state index in [2.05, 4.69) is 29.2 Å². The number of aromatic nitrogens is 3. The standard InChI is InChI=1S/C20H23ClN4OS/c1-5-6-10-17-12(2)24-25(14(17)4)20-22-13(3)18(27-20)19(26)23-16-9-7-8-15(21)11-16/h7-9,11H,5-6,10H2,1-4H3,(H,23,26). The fourth-order valence-electron chi connectivity index (χ4n) is 3.01. The highest BCUT2D eigenvalue weighted by molar-refractivity contribution is 7.16. The minimum atomic E-state index is -0.189. The minimum absolute atomic E-state index is 0.189. The number of amides is 1. The second-order valence-electron chi connectivity index (χ2n) is 6.54. The van der Waals surface area contributed by atoms with Crippen molar-refractivity contribution in [3.63, 3.8) is 0 Å². The monoisotopic (exact) mass is 402 g/mol. The topological polar surface area (TPSA) is 59.8 Å². The molecule has 5 nitrogen and oxygen atoms in total. The van der Waals surface area contributed by atoms with E-state index >= 15 is 0 Å². The number of rotatable bonds is 6. The molecule has 3 rings (SSSR count). The van der Waals surface area contributed by atoms with Crippen molar-refractivity contribution in [2.45, 2.75) is 47.0 Å². The summed E-state index contributed by atoms with van der Waals surface area (Å²) in [6, 6.07) is 7.10. The molecular formula is C20H23ClN4OS. The number of nitrogens with one attached hydrogen (secondary N) is 1. The summed E-state index contributed by atoms with van der Waals surface area (Å²) in [5, 5.41) is 8.83. The van der Waals surface area contributed by atoms with E-state index in [-0.39, 0.29) is 5.91 Å². The zero-order valence-electron chi connectivity index (χ0n) is 16.0. The number of hydrogen-bond acceptors (Lipinski definition) is 4. The molecule has 2 aromatic heterocycles. The summed E-state index contributed by atoms with van der Waals surface area (Å²) >= 11 is 7.34. The highest BCUT2D eigenvalue weighted by atomic mass is 35.5. The van der Waals surface area contributed by atoms with Crippen LogP contribution < -0.4 is 5.32 Å². The molecule has 0 saturated heterocycles. The van der Waals surface area contributed by atoms with E-state index in [1.54, 1.807) is 18.2 Å². The molecule has 0 atom stereocenters. The lowest BCUT2D eigenvalue weighted by molar-refractivity contribution is 0.103. The van der Waals surface area contributed by atoms with Crippen molar-refractivity contribution in [3.05, 3.63) is 56.8 Å². The highest BCUT2D eigenvalue weighted by Gasteiger charge is 2.20. The Balaban J connectivity index is 1.87. The van der Waals surface area contributed by atoms with Crippen LogP contribution in [0.2, 0.25) is 5.02 Å². The van der Waals surface area contributed by atoms with Gasteiger partial charge < -0.3 is 5.32 Å². The van der Waals surface area contributed by atoms with Gasteiger partial charge in [-0.25, -0.2) is 9.67 Å². The molecule has 0 aliphatic rings. The fourth-order valence-corrected chi connectivity index (χ4v) is 4.17. The first-order valence-electron chi connectivity index (χ1n) is 9.00. The lowest BCUT2D eigenvalue weighted by Crippen LogP contribution is -2.11. The van der Waals surface area contributed by atoms with Crippen molar-refractivity contribution in [2.24, 2.45) is 0 Å². The van der Waals surface area contributed by atoms with Crippen LogP contribution in [0.1, 0.15) is 52.1 Å². The molecule has 3 aromatic rings. The molecular weight excluding hydrogens is 380 g/mol. The Morgan fingerprint density at radius 1 is 1.26 bits per heavy atom. The van der Waals surface area contributed by atoms with E-state index in [0.717, 1.165) is 30.7 Å². The van der Waals surface area contributed by atoms with Crippen LogP contribution >= 0.6 is 22.9 Å². The van der Waals surface area contributed by atoms with Crippen LogP contribution in [0.5, 0.6) is 0 Å². The minimum Gasteiger partial charge on any atom is -0.321 e. The van der Waals surface area contributed by atoms with E-state index < -0.39 is 0 Å². The molecule has 1 N–H and O–H groups in total. The molecule has 27 heavy (non-hydrogen) atoms. The number of hydrogen-bond donors (Lipinski definition) is 1. The van der Waals surface area contributed by atoms with E-state index in [9.17, 15) is 4.79 Å². The summed E-state index contributed by atoms with van der Waals surface area (Å²) in [6.07, 6.45) is 3.30. The number of aryl methyl sites for hydroxylation is 2. The molecule has 0 bridgehead atoms. The van der Waals surface area contributed by atoms with Crippen LogP contribution in [0.15, 0.2) is 24.3 Å². The van der Waals surface area contributed by atoms with Gasteiger partial charge in [-0.15, -0.1) is 0 Å². The van der Waals surface area contributed by atoms with Crippen molar-refractivity contribution in [1.29, 1.82) is 0 Å². The average molecular weight is 403 g/mol. The molecule has 0 saturated carbocycles. The Hall–Kier alpha value is -2.18. The van der Waals surface area contributed by atoms with Crippen molar-refractivity contribution < 1.29 is 4.79 Å². The average Bonchev–Trinajstić information content (AvgIpc) is 3.13. The third-order valence-electron chi connectivity index (χ3n) is 4.48. The zero-order valence-corrected chi connectivity index (χ0v) is 17.5. The van der Waals surface area contributed by atoms with Gasteiger partial charge in [0, 0.05) is 16.4 Å². The first-order chi connectivity index (χ1) is 12.9. The summed E-state index contributed by atoms with van der Waals surface area (Å²) in [5.74, 6) is -0.189. The van der Waals surface area contributed by atoms with Crippen molar-refractivity contribution in [2.75, 3.05) is 5.32 Å². The van der Waals surface area contributed by atoms with Gasteiger partial charge in [0.15, 0.2) is 0 Å². The molecule has 0 radical (unpaired) electrons. The largest absolute Gasteiger partial charge is 0.321 e. The number of nitrogens with zero attached hydrogens (tertiary/aromatic N) is 3. The quantitative estimate of drug-likeness (QED) is 0.592. The Labute approximate surface area is 168 Å². The third kappa shape index (κ3) is 4.22. The third-order valence-corrected chi connectivity index (χ3v) is 5.84. The predicted octanol–water partition coefficient (Wildman–Crippen LogP) is 5.50. The Morgan fingerprint density at radius 2 is 2.04 bits per heavy atom. The van der Waals surface area contributed by atoms with Crippen LogP contribution in [0.25, 0.3) is 5.13 Å². The maximum Gasteiger partial charge on any atom is 0.267 e. The lowest BCUT2D eigenvalue weighted by Gasteiger charge is -2.04. The smallest absolute Gasteiger partial charge is 0.267 e. The second kappa shape index (κ2) is 8.23. The second-order valence-corrected chi connectivity index (χ2v) is 7.95. The molecule has 1 amide bonds. The number of benzene rings is 1. The van der Waals surface area contributed by atoms with Crippen LogP contribution in [-0.2, 0) is 6.42 Å². The lowest BCUT2D eigenvalue weighted by atomic mass is 10.1. The maximum absolute atomic E-state index is 12.7. The molecule has 7 heteroatoms. The Morgan fingerprint density at radius 3 is 2.74 bits per heavy atom. The van der Waals surface area contributed by atoms with Crippen LogP contribution in [0.3, 0.4) is 0 Å². The van der Waals surface area contributed by atoms with E-state index in [1.165, 1.54) is 16.9 Å². The molecule has 1 aromatic carbocycles. The first-order valence-corrected chi connectivity index (χ1v) is 10.2. The first kappa shape index (κ1) is 19.6. The molecule has 0 aliphatic carbocycles.